The van der Waals surface area contributed by atoms with E-state index >= 15 is 0 Å². The van der Waals surface area contributed by atoms with Crippen molar-refractivity contribution in [2.24, 2.45) is 11.8 Å². The lowest BCUT2D eigenvalue weighted by Crippen LogP contribution is -2.33. The monoisotopic (exact) mass is 180 g/mol. The lowest BCUT2D eigenvalue weighted by molar-refractivity contribution is 0.0300. The van der Waals surface area contributed by atoms with E-state index in [1.807, 2.05) is 0 Å². The molecule has 0 heterocycles. The highest BCUT2D eigenvalue weighted by atomic mass is 16.3. The van der Waals surface area contributed by atoms with Gasteiger partial charge in [-0.1, -0.05) is 38.3 Å². The lowest BCUT2D eigenvalue weighted by atomic mass is 9.73. The van der Waals surface area contributed by atoms with Crippen molar-refractivity contribution < 1.29 is 5.11 Å². The van der Waals surface area contributed by atoms with Gasteiger partial charge in [0.1, 0.15) is 0 Å². The molecule has 1 N–H and O–H groups in total. The Balaban J connectivity index is 1.91. The van der Waals surface area contributed by atoms with E-state index < -0.39 is 5.60 Å². The standard InChI is InChI=1S/C12H20O/c1-10-5-7-12(13,8-6-10)9-11-3-2-4-11/h5,7,10-11,13H,2-4,6,8-9H2,1H3. The highest BCUT2D eigenvalue weighted by Gasteiger charge is 2.32. The molecule has 74 valence electrons. The van der Waals surface area contributed by atoms with Crippen LogP contribution in [-0.4, -0.2) is 10.7 Å². The third-order valence-electron chi connectivity index (χ3n) is 3.63. The molecule has 2 rings (SSSR count). The molecule has 0 saturated heterocycles. The molecule has 0 aromatic carbocycles. The summed E-state index contributed by atoms with van der Waals surface area (Å²) in [5, 5.41) is 10.2. The van der Waals surface area contributed by atoms with Crippen LogP contribution in [0.3, 0.4) is 0 Å². The molecule has 1 saturated carbocycles. The summed E-state index contributed by atoms with van der Waals surface area (Å²) in [6.07, 6.45) is 11.4. The van der Waals surface area contributed by atoms with Crippen molar-refractivity contribution in [1.82, 2.24) is 0 Å². The summed E-state index contributed by atoms with van der Waals surface area (Å²) in [5.74, 6) is 1.48. The summed E-state index contributed by atoms with van der Waals surface area (Å²) in [5.41, 5.74) is -0.447. The van der Waals surface area contributed by atoms with Crippen molar-refractivity contribution in [3.8, 4) is 0 Å². The fourth-order valence-corrected chi connectivity index (χ4v) is 2.37. The summed E-state index contributed by atoms with van der Waals surface area (Å²) in [6.45, 7) is 2.22. The van der Waals surface area contributed by atoms with Crippen LogP contribution in [0.2, 0.25) is 0 Å². The average Bonchev–Trinajstić information content (AvgIpc) is 2.05. The maximum absolute atomic E-state index is 10.2. The van der Waals surface area contributed by atoms with E-state index in [0.717, 1.165) is 25.2 Å². The van der Waals surface area contributed by atoms with E-state index in [1.54, 1.807) is 0 Å². The highest BCUT2D eigenvalue weighted by molar-refractivity contribution is 5.07. The topological polar surface area (TPSA) is 20.2 Å². The van der Waals surface area contributed by atoms with E-state index in [0.29, 0.717) is 5.92 Å². The van der Waals surface area contributed by atoms with Crippen LogP contribution in [0.4, 0.5) is 0 Å². The van der Waals surface area contributed by atoms with Crippen LogP contribution in [0, 0.1) is 11.8 Å². The summed E-state index contributed by atoms with van der Waals surface area (Å²) in [4.78, 5) is 0. The Morgan fingerprint density at radius 1 is 1.38 bits per heavy atom. The molecule has 0 aromatic rings. The van der Waals surface area contributed by atoms with Crippen molar-refractivity contribution in [2.45, 2.75) is 51.0 Å². The predicted molar refractivity (Wildman–Crippen MR) is 54.4 cm³/mol. The maximum atomic E-state index is 10.2. The molecule has 0 bridgehead atoms. The average molecular weight is 180 g/mol. The van der Waals surface area contributed by atoms with Gasteiger partial charge >= 0.3 is 0 Å². The molecule has 0 amide bonds. The van der Waals surface area contributed by atoms with Gasteiger partial charge in [0.25, 0.3) is 0 Å². The molecule has 2 atom stereocenters. The first-order chi connectivity index (χ1) is 6.18. The van der Waals surface area contributed by atoms with Gasteiger partial charge in [-0.3, -0.25) is 0 Å². The zero-order valence-electron chi connectivity index (χ0n) is 8.50. The first-order valence-electron chi connectivity index (χ1n) is 5.60. The summed E-state index contributed by atoms with van der Waals surface area (Å²) in [6, 6.07) is 0. The van der Waals surface area contributed by atoms with E-state index in [-0.39, 0.29) is 0 Å². The predicted octanol–water partition coefficient (Wildman–Crippen LogP) is 2.89. The quantitative estimate of drug-likeness (QED) is 0.648. The number of allylic oxidation sites excluding steroid dienone is 1. The third-order valence-corrected chi connectivity index (χ3v) is 3.63. The van der Waals surface area contributed by atoms with Crippen LogP contribution in [-0.2, 0) is 0 Å². The van der Waals surface area contributed by atoms with E-state index in [2.05, 4.69) is 19.1 Å². The van der Waals surface area contributed by atoms with E-state index in [1.165, 1.54) is 19.3 Å². The Bertz CT molecular complexity index is 205. The van der Waals surface area contributed by atoms with Crippen LogP contribution in [0.5, 0.6) is 0 Å². The van der Waals surface area contributed by atoms with E-state index in [9.17, 15) is 5.11 Å². The second-order valence-electron chi connectivity index (χ2n) is 4.98. The van der Waals surface area contributed by atoms with Gasteiger partial charge in [-0.2, -0.15) is 0 Å². The Labute approximate surface area is 80.8 Å². The van der Waals surface area contributed by atoms with Crippen molar-refractivity contribution in [2.75, 3.05) is 0 Å². The van der Waals surface area contributed by atoms with Crippen molar-refractivity contribution in [3.63, 3.8) is 0 Å². The van der Waals surface area contributed by atoms with Crippen LogP contribution in [0.1, 0.15) is 45.4 Å². The SMILES string of the molecule is CC1C=CC(O)(CC2CCC2)CC1. The molecular formula is C12H20O. The van der Waals surface area contributed by atoms with Crippen molar-refractivity contribution >= 4 is 0 Å². The minimum absolute atomic E-state index is 0.447. The Morgan fingerprint density at radius 3 is 2.62 bits per heavy atom. The summed E-state index contributed by atoms with van der Waals surface area (Å²) < 4.78 is 0. The number of rotatable bonds is 2. The zero-order valence-corrected chi connectivity index (χ0v) is 8.50. The van der Waals surface area contributed by atoms with Crippen LogP contribution in [0.15, 0.2) is 12.2 Å². The fraction of sp³-hybridized carbons (Fsp3) is 0.833. The van der Waals surface area contributed by atoms with Gasteiger partial charge in [-0.05, 0) is 31.1 Å². The number of hydrogen-bond acceptors (Lipinski definition) is 1. The third kappa shape index (κ3) is 2.14. The summed E-state index contributed by atoms with van der Waals surface area (Å²) >= 11 is 0. The maximum Gasteiger partial charge on any atom is 0.0830 e. The van der Waals surface area contributed by atoms with Gasteiger partial charge in [0, 0.05) is 0 Å². The van der Waals surface area contributed by atoms with E-state index in [4.69, 9.17) is 0 Å². The Hall–Kier alpha value is -0.300. The molecule has 2 aliphatic rings. The molecule has 13 heavy (non-hydrogen) atoms. The van der Waals surface area contributed by atoms with Gasteiger partial charge in [0.15, 0.2) is 0 Å². The molecule has 1 heteroatoms. The smallest absolute Gasteiger partial charge is 0.0830 e. The zero-order chi connectivity index (χ0) is 9.31. The Kier molecular flexibility index (Phi) is 2.46. The second kappa shape index (κ2) is 3.45. The second-order valence-corrected chi connectivity index (χ2v) is 4.98. The van der Waals surface area contributed by atoms with Crippen molar-refractivity contribution in [1.29, 1.82) is 0 Å². The molecule has 2 aliphatic carbocycles. The first-order valence-corrected chi connectivity index (χ1v) is 5.60. The van der Waals surface area contributed by atoms with Gasteiger partial charge in [-0.25, -0.2) is 0 Å². The fourth-order valence-electron chi connectivity index (χ4n) is 2.37. The molecule has 0 radical (unpaired) electrons. The minimum Gasteiger partial charge on any atom is -0.386 e. The molecule has 1 fully saturated rings. The molecule has 2 unspecified atom stereocenters. The molecule has 0 spiro atoms. The van der Waals surface area contributed by atoms with Gasteiger partial charge in [0.05, 0.1) is 5.60 Å². The van der Waals surface area contributed by atoms with Crippen molar-refractivity contribution in [3.05, 3.63) is 12.2 Å². The molecule has 0 aliphatic heterocycles. The van der Waals surface area contributed by atoms with Gasteiger partial charge in [-0.15, -0.1) is 0 Å². The highest BCUT2D eigenvalue weighted by Crippen LogP contribution is 2.38. The molecular weight excluding hydrogens is 160 g/mol. The van der Waals surface area contributed by atoms with Crippen LogP contribution in [0.25, 0.3) is 0 Å². The normalized spacial score (nSPS) is 40.3. The van der Waals surface area contributed by atoms with Gasteiger partial charge < -0.3 is 5.11 Å². The number of aliphatic hydroxyl groups is 1. The number of hydrogen-bond donors (Lipinski definition) is 1. The molecule has 1 nitrogen and oxygen atoms in total. The largest absolute Gasteiger partial charge is 0.386 e. The van der Waals surface area contributed by atoms with Gasteiger partial charge in [0.2, 0.25) is 0 Å². The Morgan fingerprint density at radius 2 is 2.15 bits per heavy atom. The molecule has 0 aromatic heterocycles. The summed E-state index contributed by atoms with van der Waals surface area (Å²) in [7, 11) is 0. The minimum atomic E-state index is -0.447. The lowest BCUT2D eigenvalue weighted by Gasteiger charge is -2.36. The van der Waals surface area contributed by atoms with Crippen LogP contribution >= 0.6 is 0 Å². The van der Waals surface area contributed by atoms with Crippen LogP contribution < -0.4 is 0 Å². The first kappa shape index (κ1) is 9.26.